The number of benzene rings is 1. The molecule has 0 spiro atoms. The van der Waals surface area contributed by atoms with Crippen LogP contribution in [-0.2, 0) is 30.4 Å². The highest BCUT2D eigenvalue weighted by Gasteiger charge is 2.30. The van der Waals surface area contributed by atoms with Crippen molar-refractivity contribution in [2.75, 3.05) is 13.1 Å². The van der Waals surface area contributed by atoms with Crippen LogP contribution in [-0.4, -0.2) is 71.9 Å². The van der Waals surface area contributed by atoms with Crippen LogP contribution in [0.25, 0.3) is 0 Å². The minimum absolute atomic E-state index is 0.00738. The number of aliphatic carboxylic acids is 1. The Morgan fingerprint density at radius 3 is 2.03 bits per heavy atom. The fraction of sp³-hybridized carbons (Fsp3) is 0.429. The second kappa shape index (κ2) is 14.8. The van der Waals surface area contributed by atoms with Gasteiger partial charge < -0.3 is 44.0 Å². The van der Waals surface area contributed by atoms with Crippen molar-refractivity contribution in [1.82, 2.24) is 16.0 Å². The summed E-state index contributed by atoms with van der Waals surface area (Å²) in [6.07, 6.45) is -0.248. The Morgan fingerprint density at radius 2 is 1.49 bits per heavy atom. The summed E-state index contributed by atoms with van der Waals surface area (Å²) in [6.45, 7) is -0.298. The van der Waals surface area contributed by atoms with Crippen LogP contribution < -0.4 is 38.9 Å². The van der Waals surface area contributed by atoms with Gasteiger partial charge in [-0.3, -0.25) is 24.2 Å². The van der Waals surface area contributed by atoms with E-state index in [1.165, 1.54) is 0 Å². The van der Waals surface area contributed by atoms with Crippen LogP contribution in [0.4, 0.5) is 0 Å². The first kappa shape index (κ1) is 28.8. The molecule has 14 heteroatoms. The van der Waals surface area contributed by atoms with Gasteiger partial charge in [-0.1, -0.05) is 30.3 Å². The molecular weight excluding hydrogens is 460 g/mol. The quantitative estimate of drug-likeness (QED) is 0.0690. The predicted molar refractivity (Wildman–Crippen MR) is 126 cm³/mol. The number of aliphatic imine (C=N–C) groups is 1. The molecule has 3 atom stereocenters. The highest BCUT2D eigenvalue weighted by molar-refractivity contribution is 5.95. The number of nitrogens with two attached hydrogens (primary N) is 4. The van der Waals surface area contributed by atoms with Crippen LogP contribution in [0.15, 0.2) is 35.3 Å². The molecule has 0 aromatic heterocycles. The molecule has 192 valence electrons. The maximum absolute atomic E-state index is 13.0. The van der Waals surface area contributed by atoms with Crippen LogP contribution in [0.5, 0.6) is 0 Å². The molecule has 0 aliphatic rings. The van der Waals surface area contributed by atoms with Gasteiger partial charge in [0, 0.05) is 13.0 Å². The van der Waals surface area contributed by atoms with Crippen molar-refractivity contribution in [2.45, 2.75) is 43.8 Å². The molecule has 12 N–H and O–H groups in total. The summed E-state index contributed by atoms with van der Waals surface area (Å²) >= 11 is 0. The van der Waals surface area contributed by atoms with Gasteiger partial charge in [0.2, 0.25) is 23.6 Å². The SMILES string of the molecule is NCC(=O)NC(CC(N)=O)C(=O)NC(CCCN=C(N)N)C(=O)NC(Cc1ccccc1)C(=O)O. The van der Waals surface area contributed by atoms with E-state index < -0.39 is 60.7 Å². The van der Waals surface area contributed by atoms with Crippen molar-refractivity contribution in [3.05, 3.63) is 35.9 Å². The molecule has 0 saturated carbocycles. The highest BCUT2D eigenvalue weighted by atomic mass is 16.4. The highest BCUT2D eigenvalue weighted by Crippen LogP contribution is 2.06. The maximum Gasteiger partial charge on any atom is 0.326 e. The summed E-state index contributed by atoms with van der Waals surface area (Å²) in [5.41, 5.74) is 21.6. The number of primary amides is 1. The van der Waals surface area contributed by atoms with Gasteiger partial charge in [0.05, 0.1) is 13.0 Å². The zero-order valence-corrected chi connectivity index (χ0v) is 19.1. The van der Waals surface area contributed by atoms with E-state index in [1.807, 2.05) is 0 Å². The molecule has 1 aromatic carbocycles. The molecule has 0 fully saturated rings. The summed E-state index contributed by atoms with van der Waals surface area (Å²) in [6, 6.07) is 4.78. The molecule has 0 bridgehead atoms. The van der Waals surface area contributed by atoms with Gasteiger partial charge in [-0.2, -0.15) is 0 Å². The maximum atomic E-state index is 13.0. The molecule has 0 heterocycles. The Labute approximate surface area is 201 Å². The average molecular weight is 493 g/mol. The Balaban J connectivity index is 3.02. The van der Waals surface area contributed by atoms with Gasteiger partial charge in [0.15, 0.2) is 5.96 Å². The lowest BCUT2D eigenvalue weighted by molar-refractivity contribution is -0.142. The lowest BCUT2D eigenvalue weighted by Gasteiger charge is -2.24. The summed E-state index contributed by atoms with van der Waals surface area (Å²) in [4.78, 5) is 64.3. The minimum Gasteiger partial charge on any atom is -0.480 e. The van der Waals surface area contributed by atoms with E-state index >= 15 is 0 Å². The lowest BCUT2D eigenvalue weighted by atomic mass is 10.0. The first-order valence-electron chi connectivity index (χ1n) is 10.7. The number of rotatable bonds is 15. The second-order valence-electron chi connectivity index (χ2n) is 7.59. The van der Waals surface area contributed by atoms with E-state index in [0.717, 1.165) is 0 Å². The van der Waals surface area contributed by atoms with Gasteiger partial charge in [0.1, 0.15) is 18.1 Å². The monoisotopic (exact) mass is 492 g/mol. The van der Waals surface area contributed by atoms with E-state index in [9.17, 15) is 29.1 Å². The molecular formula is C21H32N8O6. The van der Waals surface area contributed by atoms with Gasteiger partial charge >= 0.3 is 5.97 Å². The molecule has 14 nitrogen and oxygen atoms in total. The van der Waals surface area contributed by atoms with Crippen LogP contribution in [0.1, 0.15) is 24.8 Å². The van der Waals surface area contributed by atoms with Gasteiger partial charge in [-0.15, -0.1) is 0 Å². The molecule has 0 aliphatic carbocycles. The number of hydrogen-bond acceptors (Lipinski definition) is 7. The van der Waals surface area contributed by atoms with Crippen LogP contribution in [0, 0.1) is 0 Å². The van der Waals surface area contributed by atoms with Gasteiger partial charge in [-0.25, -0.2) is 4.79 Å². The number of nitrogens with one attached hydrogen (secondary N) is 3. The zero-order valence-electron chi connectivity index (χ0n) is 19.1. The molecule has 1 rings (SSSR count). The third-order valence-electron chi connectivity index (χ3n) is 4.72. The van der Waals surface area contributed by atoms with E-state index in [2.05, 4.69) is 20.9 Å². The third kappa shape index (κ3) is 11.5. The van der Waals surface area contributed by atoms with Gasteiger partial charge in [-0.05, 0) is 18.4 Å². The number of guanidine groups is 1. The van der Waals surface area contributed by atoms with Crippen molar-refractivity contribution >= 4 is 35.6 Å². The molecule has 0 saturated heterocycles. The van der Waals surface area contributed by atoms with Crippen molar-refractivity contribution in [3.63, 3.8) is 0 Å². The number of carbonyl (C=O) groups excluding carboxylic acids is 4. The fourth-order valence-corrected chi connectivity index (χ4v) is 3.03. The van der Waals surface area contributed by atoms with E-state index in [0.29, 0.717) is 5.56 Å². The molecule has 35 heavy (non-hydrogen) atoms. The average Bonchev–Trinajstić information content (AvgIpc) is 2.79. The Bertz CT molecular complexity index is 920. The Kier molecular flexibility index (Phi) is 12.2. The molecule has 4 amide bonds. The third-order valence-corrected chi connectivity index (χ3v) is 4.72. The van der Waals surface area contributed by atoms with Gasteiger partial charge in [0.25, 0.3) is 0 Å². The van der Waals surface area contributed by atoms with Crippen LogP contribution in [0.3, 0.4) is 0 Å². The number of carboxylic acid groups (broad SMARTS) is 1. The van der Waals surface area contributed by atoms with Crippen molar-refractivity contribution in [1.29, 1.82) is 0 Å². The first-order valence-corrected chi connectivity index (χ1v) is 10.7. The Morgan fingerprint density at radius 1 is 0.886 bits per heavy atom. The summed E-state index contributed by atoms with van der Waals surface area (Å²) in [7, 11) is 0. The van der Waals surface area contributed by atoms with E-state index in [-0.39, 0.29) is 31.8 Å². The fourth-order valence-electron chi connectivity index (χ4n) is 3.03. The molecule has 0 radical (unpaired) electrons. The van der Waals surface area contributed by atoms with E-state index in [1.54, 1.807) is 30.3 Å². The smallest absolute Gasteiger partial charge is 0.326 e. The number of carbonyl (C=O) groups is 5. The van der Waals surface area contributed by atoms with E-state index in [4.69, 9.17) is 22.9 Å². The molecule has 1 aromatic rings. The topological polar surface area (TPSA) is 258 Å². The number of carboxylic acids is 1. The minimum atomic E-state index is -1.38. The molecule has 3 unspecified atom stereocenters. The lowest BCUT2D eigenvalue weighted by Crippen LogP contribution is -2.57. The van der Waals surface area contributed by atoms with Crippen LogP contribution in [0.2, 0.25) is 0 Å². The second-order valence-corrected chi connectivity index (χ2v) is 7.59. The number of nitrogens with zero attached hydrogens (tertiary/aromatic N) is 1. The predicted octanol–water partition coefficient (Wildman–Crippen LogP) is -3.34. The Hall–Kier alpha value is -4.20. The van der Waals surface area contributed by atoms with Crippen molar-refractivity contribution < 1.29 is 29.1 Å². The largest absolute Gasteiger partial charge is 0.480 e. The van der Waals surface area contributed by atoms with Crippen molar-refractivity contribution in [2.24, 2.45) is 27.9 Å². The first-order chi connectivity index (χ1) is 16.5. The summed E-state index contributed by atoms with van der Waals surface area (Å²) in [5, 5.41) is 16.7. The van der Waals surface area contributed by atoms with Crippen LogP contribution >= 0.6 is 0 Å². The number of hydrogen-bond donors (Lipinski definition) is 8. The molecule has 0 aliphatic heterocycles. The number of amides is 4. The summed E-state index contributed by atoms with van der Waals surface area (Å²) < 4.78 is 0. The standard InChI is InChI=1S/C21H32N8O6/c22-11-17(31)27-14(10-16(23)30)19(33)28-13(7-4-8-26-21(24)25)18(32)29-15(20(34)35)9-12-5-2-1-3-6-12/h1-3,5-6,13-15H,4,7-11,22H2,(H2,23,30)(H,27,31)(H,28,33)(H,29,32)(H,34,35)(H4,24,25,26). The summed E-state index contributed by atoms with van der Waals surface area (Å²) in [5.74, 6) is -4.67. The zero-order chi connectivity index (χ0) is 26.4. The van der Waals surface area contributed by atoms with Crippen molar-refractivity contribution in [3.8, 4) is 0 Å². The normalized spacial score (nSPS) is 12.9.